The first-order valence-corrected chi connectivity index (χ1v) is 9.18. The van der Waals surface area contributed by atoms with Gasteiger partial charge in [-0.1, -0.05) is 23.8 Å². The summed E-state index contributed by atoms with van der Waals surface area (Å²) in [5.41, 5.74) is 2.18. The van der Waals surface area contributed by atoms with Crippen molar-refractivity contribution in [3.05, 3.63) is 34.9 Å². The molecule has 1 aliphatic carbocycles. The molecule has 2 rings (SSSR count). The lowest BCUT2D eigenvalue weighted by Gasteiger charge is -2.26. The molecule has 1 aliphatic rings. The van der Waals surface area contributed by atoms with Gasteiger partial charge in [-0.05, 0) is 53.0 Å². The highest BCUT2D eigenvalue weighted by Gasteiger charge is 2.36. The Kier molecular flexibility index (Phi) is 6.19. The maximum absolute atomic E-state index is 13.1. The monoisotopic (exact) mass is 372 g/mol. The number of ether oxygens (including phenoxy) is 1. The zero-order valence-electron chi connectivity index (χ0n) is 17.0. The van der Waals surface area contributed by atoms with Crippen LogP contribution in [0.3, 0.4) is 0 Å². The Labute approximate surface area is 160 Å². The number of amides is 1. The number of nitrogens with zero attached hydrogens (tertiary/aromatic N) is 2. The molecule has 146 valence electrons. The Bertz CT molecular complexity index is 790. The number of ketones is 2. The van der Waals surface area contributed by atoms with E-state index in [9.17, 15) is 14.4 Å². The van der Waals surface area contributed by atoms with Gasteiger partial charge in [0.1, 0.15) is 17.3 Å². The van der Waals surface area contributed by atoms with Crippen molar-refractivity contribution in [1.82, 2.24) is 5.01 Å². The second-order valence-electron chi connectivity index (χ2n) is 8.03. The van der Waals surface area contributed by atoms with Gasteiger partial charge in [0, 0.05) is 19.0 Å². The summed E-state index contributed by atoms with van der Waals surface area (Å²) in [7, 11) is 1.47. The highest BCUT2D eigenvalue weighted by molar-refractivity contribution is 6.26. The molecule has 1 fully saturated rings. The molecule has 0 bridgehead atoms. The summed E-state index contributed by atoms with van der Waals surface area (Å²) in [4.78, 5) is 37.8. The number of hydrazone groups is 1. The van der Waals surface area contributed by atoms with Crippen LogP contribution in [-0.2, 0) is 9.53 Å². The van der Waals surface area contributed by atoms with Gasteiger partial charge in [-0.25, -0.2) is 9.80 Å². The van der Waals surface area contributed by atoms with Gasteiger partial charge in [-0.15, -0.1) is 0 Å². The molecule has 0 radical (unpaired) electrons. The Hall–Kier alpha value is -2.50. The minimum absolute atomic E-state index is 0.150. The van der Waals surface area contributed by atoms with Gasteiger partial charge >= 0.3 is 6.09 Å². The van der Waals surface area contributed by atoms with Crippen molar-refractivity contribution in [3.63, 3.8) is 0 Å². The van der Waals surface area contributed by atoms with Crippen LogP contribution < -0.4 is 0 Å². The van der Waals surface area contributed by atoms with E-state index in [1.165, 1.54) is 7.05 Å². The number of carbonyl (C=O) groups is 3. The summed E-state index contributed by atoms with van der Waals surface area (Å²) in [6.07, 6.45) is 0.846. The van der Waals surface area contributed by atoms with Gasteiger partial charge < -0.3 is 4.74 Å². The first-order chi connectivity index (χ1) is 12.5. The van der Waals surface area contributed by atoms with E-state index >= 15 is 0 Å². The number of hydrogen-bond acceptors (Lipinski definition) is 5. The SMILES string of the molecule is Cc1ccc(C(=O)C2C(=O)CCC/C2=N/N(C)C(=O)OC(C)(C)C)c(C)c1. The number of rotatable bonds is 3. The number of Topliss-reactive ketones (excluding diaryl/α,β-unsaturated/α-hetero) is 2. The Balaban J connectivity index is 2.32. The van der Waals surface area contributed by atoms with Crippen molar-refractivity contribution < 1.29 is 19.1 Å². The normalized spacial score (nSPS) is 19.1. The molecule has 1 amide bonds. The fourth-order valence-corrected chi connectivity index (χ4v) is 3.13. The second-order valence-corrected chi connectivity index (χ2v) is 8.03. The number of aryl methyl sites for hydroxylation is 2. The minimum atomic E-state index is -0.940. The van der Waals surface area contributed by atoms with Crippen LogP contribution in [0.2, 0.25) is 0 Å². The van der Waals surface area contributed by atoms with Crippen molar-refractivity contribution in [2.45, 2.75) is 59.5 Å². The van der Waals surface area contributed by atoms with Crippen LogP contribution in [0.5, 0.6) is 0 Å². The molecule has 0 spiro atoms. The van der Waals surface area contributed by atoms with E-state index < -0.39 is 17.6 Å². The topological polar surface area (TPSA) is 76.0 Å². The van der Waals surface area contributed by atoms with Crippen LogP contribution in [0.25, 0.3) is 0 Å². The van der Waals surface area contributed by atoms with Crippen LogP contribution in [0.4, 0.5) is 4.79 Å². The summed E-state index contributed by atoms with van der Waals surface area (Å²) in [5, 5.41) is 5.35. The van der Waals surface area contributed by atoms with Crippen LogP contribution >= 0.6 is 0 Å². The van der Waals surface area contributed by atoms with Crippen molar-refractivity contribution in [2.24, 2.45) is 11.0 Å². The minimum Gasteiger partial charge on any atom is -0.442 e. The maximum Gasteiger partial charge on any atom is 0.430 e. The standard InChI is InChI=1S/C21H28N2O4/c1-13-10-11-15(14(2)12-13)19(25)18-16(8-7-9-17(18)24)22-23(6)20(26)27-21(3,4)5/h10-12,18H,7-9H2,1-6H3/b22-16-. The molecule has 0 N–H and O–H groups in total. The number of hydrogen-bond donors (Lipinski definition) is 0. The Morgan fingerprint density at radius 2 is 1.85 bits per heavy atom. The molecule has 0 aromatic heterocycles. The average Bonchev–Trinajstić information content (AvgIpc) is 2.52. The molecule has 6 nitrogen and oxygen atoms in total. The van der Waals surface area contributed by atoms with E-state index in [1.807, 2.05) is 26.0 Å². The highest BCUT2D eigenvalue weighted by Crippen LogP contribution is 2.25. The molecule has 1 saturated carbocycles. The van der Waals surface area contributed by atoms with Gasteiger partial charge in [-0.3, -0.25) is 9.59 Å². The maximum atomic E-state index is 13.1. The number of carbonyl (C=O) groups excluding carboxylic acids is 3. The van der Waals surface area contributed by atoms with Crippen molar-refractivity contribution in [1.29, 1.82) is 0 Å². The molecule has 0 heterocycles. The smallest absolute Gasteiger partial charge is 0.430 e. The van der Waals surface area contributed by atoms with E-state index in [4.69, 9.17) is 4.74 Å². The quantitative estimate of drug-likeness (QED) is 0.455. The van der Waals surface area contributed by atoms with Gasteiger partial charge in [-0.2, -0.15) is 5.10 Å². The summed E-state index contributed by atoms with van der Waals surface area (Å²) >= 11 is 0. The third-order valence-electron chi connectivity index (χ3n) is 4.36. The lowest BCUT2D eigenvalue weighted by Crippen LogP contribution is -2.38. The lowest BCUT2D eigenvalue weighted by atomic mass is 9.80. The molecular weight excluding hydrogens is 344 g/mol. The van der Waals surface area contributed by atoms with Crippen molar-refractivity contribution in [3.8, 4) is 0 Å². The van der Waals surface area contributed by atoms with Crippen LogP contribution in [-0.4, -0.2) is 41.0 Å². The molecule has 1 aromatic carbocycles. The van der Waals surface area contributed by atoms with E-state index in [1.54, 1.807) is 26.8 Å². The summed E-state index contributed by atoms with van der Waals surface area (Å²) in [5.74, 6) is -1.35. The van der Waals surface area contributed by atoms with Crippen LogP contribution in [0, 0.1) is 19.8 Å². The average molecular weight is 372 g/mol. The second kappa shape index (κ2) is 8.03. The Morgan fingerprint density at radius 3 is 2.44 bits per heavy atom. The first kappa shape index (κ1) is 20.8. The molecule has 1 atom stereocenters. The van der Waals surface area contributed by atoms with E-state index in [0.29, 0.717) is 30.5 Å². The predicted octanol–water partition coefficient (Wildman–Crippen LogP) is 4.08. The lowest BCUT2D eigenvalue weighted by molar-refractivity contribution is -0.120. The number of benzene rings is 1. The predicted molar refractivity (Wildman–Crippen MR) is 104 cm³/mol. The third kappa shape index (κ3) is 5.25. The fraction of sp³-hybridized carbons (Fsp3) is 0.524. The van der Waals surface area contributed by atoms with E-state index in [2.05, 4.69) is 5.10 Å². The summed E-state index contributed by atoms with van der Waals surface area (Å²) < 4.78 is 5.29. The third-order valence-corrected chi connectivity index (χ3v) is 4.36. The van der Waals surface area contributed by atoms with Crippen LogP contribution in [0.15, 0.2) is 23.3 Å². The molecule has 6 heteroatoms. The van der Waals surface area contributed by atoms with Gasteiger partial charge in [0.25, 0.3) is 0 Å². The molecule has 0 saturated heterocycles. The molecule has 0 aliphatic heterocycles. The Morgan fingerprint density at radius 1 is 1.19 bits per heavy atom. The van der Waals surface area contributed by atoms with E-state index in [-0.39, 0.29) is 11.6 Å². The van der Waals surface area contributed by atoms with Gasteiger partial charge in [0.2, 0.25) is 0 Å². The zero-order chi connectivity index (χ0) is 20.4. The first-order valence-electron chi connectivity index (χ1n) is 9.18. The molecular formula is C21H28N2O4. The molecule has 1 aromatic rings. The van der Waals surface area contributed by atoms with Crippen molar-refractivity contribution in [2.75, 3.05) is 7.05 Å². The largest absolute Gasteiger partial charge is 0.442 e. The van der Waals surface area contributed by atoms with Gasteiger partial charge in [0.05, 0.1) is 5.71 Å². The summed E-state index contributed by atoms with van der Waals surface area (Å²) in [6.45, 7) is 9.11. The highest BCUT2D eigenvalue weighted by atomic mass is 16.6. The zero-order valence-corrected chi connectivity index (χ0v) is 17.0. The van der Waals surface area contributed by atoms with E-state index in [0.717, 1.165) is 16.1 Å². The van der Waals surface area contributed by atoms with Gasteiger partial charge in [0.15, 0.2) is 5.78 Å². The molecule has 27 heavy (non-hydrogen) atoms. The van der Waals surface area contributed by atoms with Crippen molar-refractivity contribution >= 4 is 23.4 Å². The fourth-order valence-electron chi connectivity index (χ4n) is 3.13. The molecule has 1 unspecified atom stereocenters. The summed E-state index contributed by atoms with van der Waals surface area (Å²) in [6, 6.07) is 5.53. The van der Waals surface area contributed by atoms with Crippen LogP contribution in [0.1, 0.15) is 61.5 Å².